The lowest BCUT2D eigenvalue weighted by atomic mass is 9.97. The van der Waals surface area contributed by atoms with E-state index >= 15 is 0 Å². The van der Waals surface area contributed by atoms with Crippen LogP contribution in [0.2, 0.25) is 0 Å². The number of phenols is 1. The number of rotatable bonds is 18. The number of hydrogen-bond donors (Lipinski definition) is 12. The van der Waals surface area contributed by atoms with Crippen LogP contribution in [0.15, 0.2) is 54.6 Å². The maximum atomic E-state index is 13.6. The molecule has 0 aromatic heterocycles. The summed E-state index contributed by atoms with van der Waals surface area (Å²) in [7, 11) is 0. The topological polar surface area (TPSA) is 328 Å². The summed E-state index contributed by atoms with van der Waals surface area (Å²) in [5.74, 6) is -5.92. The predicted molar refractivity (Wildman–Crippen MR) is 190 cm³/mol. The molecule has 0 spiro atoms. The fourth-order valence-electron chi connectivity index (χ4n) is 5.44. The van der Waals surface area contributed by atoms with Crippen LogP contribution in [-0.2, 0) is 46.3 Å². The Morgan fingerprint density at radius 2 is 1.31 bits per heavy atom. The van der Waals surface area contributed by atoms with Crippen LogP contribution in [0.5, 0.6) is 5.75 Å². The highest BCUT2D eigenvalue weighted by atomic mass is 16.6. The number of carbonyl (C=O) groups is 7. The van der Waals surface area contributed by atoms with Crippen LogP contribution in [0.3, 0.4) is 0 Å². The number of phenolic OH excluding ortho intramolecular Hbond substituents is 1. The van der Waals surface area contributed by atoms with Gasteiger partial charge in [0.1, 0.15) is 42.2 Å². The number of urea groups is 1. The highest BCUT2D eigenvalue weighted by Gasteiger charge is 2.46. The van der Waals surface area contributed by atoms with E-state index in [0.717, 1.165) is 0 Å². The smallest absolute Gasteiger partial charge is 0.326 e. The van der Waals surface area contributed by atoms with Gasteiger partial charge in [-0.3, -0.25) is 24.0 Å². The van der Waals surface area contributed by atoms with Crippen LogP contribution < -0.4 is 37.6 Å². The van der Waals surface area contributed by atoms with Crippen molar-refractivity contribution >= 4 is 41.5 Å². The zero-order chi connectivity index (χ0) is 40.8. The number of hydrogen-bond acceptors (Lipinski definition) is 12. The van der Waals surface area contributed by atoms with Gasteiger partial charge in [-0.2, -0.15) is 0 Å². The molecule has 2 aromatic rings. The Bertz CT molecular complexity index is 1660. The van der Waals surface area contributed by atoms with Crippen molar-refractivity contribution in [2.45, 2.75) is 81.9 Å². The molecule has 300 valence electrons. The summed E-state index contributed by atoms with van der Waals surface area (Å²) in [6.45, 7) is 2.27. The summed E-state index contributed by atoms with van der Waals surface area (Å²) in [6, 6.07) is 9.30. The SMILES string of the molecule is CC(C)C[C@H](NC(=O)N[C@@H]1O[C@@H](C(N)=O)[C@@H](O)[C@H](O)[C@@H]1O)C(=O)N[C@@H](Cc1ccccc1)C(=O)NCC(=O)NCC(=O)N[C@@H](Cc1ccc(O)cc1)C(=O)O. The van der Waals surface area contributed by atoms with Crippen molar-refractivity contribution in [1.29, 1.82) is 0 Å². The number of amides is 7. The van der Waals surface area contributed by atoms with E-state index in [1.165, 1.54) is 24.3 Å². The summed E-state index contributed by atoms with van der Waals surface area (Å²) in [6.07, 6.45) is -9.21. The number of benzene rings is 2. The number of nitrogens with two attached hydrogens (primary N) is 1. The third kappa shape index (κ3) is 13.8. The van der Waals surface area contributed by atoms with Gasteiger partial charge >= 0.3 is 12.0 Å². The van der Waals surface area contributed by atoms with Gasteiger partial charge in [-0.1, -0.05) is 56.3 Å². The van der Waals surface area contributed by atoms with E-state index in [4.69, 9.17) is 10.5 Å². The molecule has 13 N–H and O–H groups in total. The van der Waals surface area contributed by atoms with Crippen LogP contribution in [0.4, 0.5) is 4.79 Å². The Morgan fingerprint density at radius 3 is 1.91 bits per heavy atom. The molecule has 0 unspecified atom stereocenters. The number of carboxylic acids is 1. The molecule has 7 amide bonds. The van der Waals surface area contributed by atoms with Gasteiger partial charge in [0.05, 0.1) is 13.1 Å². The molecule has 20 heteroatoms. The average molecular weight is 774 g/mol. The fourth-order valence-corrected chi connectivity index (χ4v) is 5.44. The van der Waals surface area contributed by atoms with Gasteiger partial charge in [-0.25, -0.2) is 9.59 Å². The fraction of sp³-hybridized carbons (Fsp3) is 0.457. The summed E-state index contributed by atoms with van der Waals surface area (Å²) in [5, 5.41) is 63.5. The molecule has 1 fully saturated rings. The minimum Gasteiger partial charge on any atom is -0.508 e. The van der Waals surface area contributed by atoms with Crippen molar-refractivity contribution in [1.82, 2.24) is 31.9 Å². The molecule has 20 nitrogen and oxygen atoms in total. The molecule has 0 bridgehead atoms. The van der Waals surface area contributed by atoms with Crippen molar-refractivity contribution in [2.75, 3.05) is 13.1 Å². The molecule has 1 aliphatic rings. The van der Waals surface area contributed by atoms with Gasteiger partial charge < -0.3 is 67.9 Å². The summed E-state index contributed by atoms with van der Waals surface area (Å²) in [5.41, 5.74) is 6.34. The quantitative estimate of drug-likeness (QED) is 0.0700. The Kier molecular flexibility index (Phi) is 16.3. The van der Waals surface area contributed by atoms with E-state index in [1.54, 1.807) is 44.2 Å². The number of carbonyl (C=O) groups excluding carboxylic acids is 6. The molecule has 55 heavy (non-hydrogen) atoms. The van der Waals surface area contributed by atoms with Crippen LogP contribution >= 0.6 is 0 Å². The first-order valence-electron chi connectivity index (χ1n) is 17.2. The van der Waals surface area contributed by atoms with E-state index in [9.17, 15) is 59.1 Å². The van der Waals surface area contributed by atoms with Crippen molar-refractivity contribution in [3.05, 3.63) is 65.7 Å². The molecule has 1 aliphatic heterocycles. The Hall–Kier alpha value is -5.83. The van der Waals surface area contributed by atoms with Crippen molar-refractivity contribution in [3.63, 3.8) is 0 Å². The Morgan fingerprint density at radius 1 is 0.709 bits per heavy atom. The number of aromatic hydroxyl groups is 1. The lowest BCUT2D eigenvalue weighted by Crippen LogP contribution is -2.66. The van der Waals surface area contributed by atoms with E-state index in [-0.39, 0.29) is 30.9 Å². The molecule has 1 heterocycles. The van der Waals surface area contributed by atoms with Gasteiger partial charge in [0.2, 0.25) is 29.5 Å². The third-order valence-electron chi connectivity index (χ3n) is 8.29. The number of primary amides is 1. The van der Waals surface area contributed by atoms with Gasteiger partial charge in [0.15, 0.2) is 12.3 Å². The zero-order valence-electron chi connectivity index (χ0n) is 30.0. The Labute approximate surface area is 315 Å². The summed E-state index contributed by atoms with van der Waals surface area (Å²) in [4.78, 5) is 88.2. The number of aliphatic hydroxyl groups excluding tert-OH is 3. The largest absolute Gasteiger partial charge is 0.508 e. The molecule has 2 aromatic carbocycles. The van der Waals surface area contributed by atoms with Crippen molar-refractivity contribution in [3.8, 4) is 5.75 Å². The molecule has 0 aliphatic carbocycles. The van der Waals surface area contributed by atoms with Gasteiger partial charge in [-0.05, 0) is 35.6 Å². The van der Waals surface area contributed by atoms with Gasteiger partial charge in [-0.15, -0.1) is 0 Å². The maximum Gasteiger partial charge on any atom is 0.326 e. The van der Waals surface area contributed by atoms with Crippen LogP contribution in [0.25, 0.3) is 0 Å². The van der Waals surface area contributed by atoms with Gasteiger partial charge in [0, 0.05) is 12.8 Å². The Balaban J connectivity index is 1.61. The second kappa shape index (κ2) is 20.6. The van der Waals surface area contributed by atoms with Crippen LogP contribution in [0, 0.1) is 5.92 Å². The lowest BCUT2D eigenvalue weighted by Gasteiger charge is -2.39. The first-order chi connectivity index (χ1) is 25.9. The second-order valence-corrected chi connectivity index (χ2v) is 13.2. The molecule has 8 atom stereocenters. The van der Waals surface area contributed by atoms with Crippen molar-refractivity contribution in [2.24, 2.45) is 11.7 Å². The van der Waals surface area contributed by atoms with Crippen LogP contribution in [-0.4, -0.2) is 129 Å². The lowest BCUT2D eigenvalue weighted by molar-refractivity contribution is -0.223. The molecular weight excluding hydrogens is 726 g/mol. The van der Waals surface area contributed by atoms with E-state index in [2.05, 4.69) is 31.9 Å². The maximum absolute atomic E-state index is 13.6. The first kappa shape index (κ1) is 43.6. The molecule has 0 radical (unpaired) electrons. The third-order valence-corrected chi connectivity index (χ3v) is 8.29. The summed E-state index contributed by atoms with van der Waals surface area (Å²) < 4.78 is 5.18. The second-order valence-electron chi connectivity index (χ2n) is 13.2. The molecule has 1 saturated heterocycles. The zero-order valence-corrected chi connectivity index (χ0v) is 30.0. The molecule has 3 rings (SSSR count). The van der Waals surface area contributed by atoms with Crippen LogP contribution in [0.1, 0.15) is 31.4 Å². The van der Waals surface area contributed by atoms with E-state index in [1.807, 2.05) is 0 Å². The molecular formula is C35H47N7O13. The van der Waals surface area contributed by atoms with Crippen molar-refractivity contribution < 1.29 is 63.8 Å². The number of aliphatic carboxylic acids is 1. The average Bonchev–Trinajstić information content (AvgIpc) is 3.13. The number of nitrogens with one attached hydrogen (secondary N) is 6. The van der Waals surface area contributed by atoms with Gasteiger partial charge in [0.25, 0.3) is 0 Å². The first-order valence-corrected chi connectivity index (χ1v) is 17.2. The monoisotopic (exact) mass is 773 g/mol. The minimum atomic E-state index is -1.91. The number of aliphatic hydroxyl groups is 3. The normalized spacial score (nSPS) is 20.9. The van der Waals surface area contributed by atoms with E-state index in [0.29, 0.717) is 11.1 Å². The highest BCUT2D eigenvalue weighted by molar-refractivity contribution is 5.94. The standard InChI is InChI=1S/C35H47N7O13/c1-17(2)12-21(41-35(54)42-33-28(48)26(46)27(47)29(55-33)30(36)49)32(51)40-22(13-18-6-4-3-5-7-18)31(50)38-15-24(44)37-16-25(45)39-23(34(52)53)14-19-8-10-20(43)11-9-19/h3-11,17,21-23,26-29,33,43,46-48H,12-16H2,1-2H3,(H2,36,49)(H,37,44)(H,38,50)(H,39,45)(H,40,51)(H,52,53)(H2,41,42,54)/t21-,22-,23-,26-,27-,28-,29+,33+/m0/s1. The summed E-state index contributed by atoms with van der Waals surface area (Å²) >= 11 is 0. The number of carboxylic acid groups (broad SMARTS) is 1. The minimum absolute atomic E-state index is 0.0166. The molecule has 0 saturated carbocycles. The predicted octanol–water partition coefficient (Wildman–Crippen LogP) is -3.53. The number of ether oxygens (including phenoxy) is 1. The van der Waals surface area contributed by atoms with E-state index < -0.39 is 103 Å². The highest BCUT2D eigenvalue weighted by Crippen LogP contribution is 2.20.